The fourth-order valence-corrected chi connectivity index (χ4v) is 4.45. The SMILES string of the molecule is O=C1Nc2ccccc2C(C2CCCCC2)=NN1C1CCCCC1. The van der Waals surface area contributed by atoms with Crippen LogP contribution in [0.3, 0.4) is 0 Å². The maximum atomic E-state index is 12.8. The molecule has 0 bridgehead atoms. The first-order chi connectivity index (χ1) is 11.8. The smallest absolute Gasteiger partial charge is 0.306 e. The molecule has 4 rings (SSSR count). The van der Waals surface area contributed by atoms with E-state index in [4.69, 9.17) is 5.10 Å². The van der Waals surface area contributed by atoms with Crippen LogP contribution in [-0.2, 0) is 0 Å². The van der Waals surface area contributed by atoms with Crippen molar-refractivity contribution in [2.24, 2.45) is 11.0 Å². The molecule has 0 aromatic heterocycles. The molecule has 4 heteroatoms. The minimum Gasteiger partial charge on any atom is -0.306 e. The molecule has 0 atom stereocenters. The summed E-state index contributed by atoms with van der Waals surface area (Å²) in [6, 6.07) is 8.38. The number of benzene rings is 1. The summed E-state index contributed by atoms with van der Waals surface area (Å²) in [5.41, 5.74) is 3.18. The second-order valence-corrected chi connectivity index (χ2v) is 7.43. The molecule has 128 valence electrons. The maximum absolute atomic E-state index is 12.8. The van der Waals surface area contributed by atoms with E-state index in [9.17, 15) is 4.79 Å². The number of para-hydroxylation sites is 1. The zero-order chi connectivity index (χ0) is 16.4. The average Bonchev–Trinajstić information content (AvgIpc) is 2.79. The maximum Gasteiger partial charge on any atom is 0.342 e. The van der Waals surface area contributed by atoms with Crippen molar-refractivity contribution >= 4 is 17.4 Å². The van der Waals surface area contributed by atoms with Gasteiger partial charge in [0.25, 0.3) is 0 Å². The monoisotopic (exact) mass is 325 g/mol. The van der Waals surface area contributed by atoms with Crippen LogP contribution >= 0.6 is 0 Å². The van der Waals surface area contributed by atoms with Crippen molar-refractivity contribution in [2.75, 3.05) is 5.32 Å². The third-order valence-electron chi connectivity index (χ3n) is 5.78. The number of amides is 2. The van der Waals surface area contributed by atoms with Crippen molar-refractivity contribution < 1.29 is 4.79 Å². The van der Waals surface area contributed by atoms with Crippen LogP contribution in [0, 0.1) is 5.92 Å². The Kier molecular flexibility index (Phi) is 4.54. The zero-order valence-corrected chi connectivity index (χ0v) is 14.3. The molecule has 2 amide bonds. The highest BCUT2D eigenvalue weighted by Gasteiger charge is 2.32. The molecule has 1 aliphatic heterocycles. The molecule has 1 N–H and O–H groups in total. The molecule has 24 heavy (non-hydrogen) atoms. The highest BCUT2D eigenvalue weighted by Crippen LogP contribution is 2.33. The fourth-order valence-electron chi connectivity index (χ4n) is 4.45. The Morgan fingerprint density at radius 3 is 2.33 bits per heavy atom. The van der Waals surface area contributed by atoms with Crippen molar-refractivity contribution in [2.45, 2.75) is 70.3 Å². The normalized spacial score (nSPS) is 23.2. The van der Waals surface area contributed by atoms with Gasteiger partial charge >= 0.3 is 6.03 Å². The van der Waals surface area contributed by atoms with Crippen LogP contribution in [0.25, 0.3) is 0 Å². The van der Waals surface area contributed by atoms with E-state index in [0.717, 1.165) is 29.8 Å². The summed E-state index contributed by atoms with van der Waals surface area (Å²) in [6.07, 6.45) is 12.1. The van der Waals surface area contributed by atoms with Gasteiger partial charge in [-0.1, -0.05) is 56.7 Å². The molecular weight excluding hydrogens is 298 g/mol. The summed E-state index contributed by atoms with van der Waals surface area (Å²) >= 11 is 0. The van der Waals surface area contributed by atoms with Crippen LogP contribution in [0.15, 0.2) is 29.4 Å². The van der Waals surface area contributed by atoms with Gasteiger partial charge in [-0.25, -0.2) is 9.80 Å². The van der Waals surface area contributed by atoms with Gasteiger partial charge in [-0.3, -0.25) is 0 Å². The van der Waals surface area contributed by atoms with E-state index >= 15 is 0 Å². The lowest BCUT2D eigenvalue weighted by Gasteiger charge is -2.31. The third kappa shape index (κ3) is 3.06. The first kappa shape index (κ1) is 15.7. The molecule has 0 spiro atoms. The molecular formula is C20H27N3O. The average molecular weight is 325 g/mol. The molecule has 0 saturated heterocycles. The van der Waals surface area contributed by atoms with Gasteiger partial charge in [-0.05, 0) is 31.7 Å². The first-order valence-electron chi connectivity index (χ1n) is 9.61. The lowest BCUT2D eigenvalue weighted by Crippen LogP contribution is -2.40. The number of carbonyl (C=O) groups excluding carboxylic acids is 1. The molecule has 0 radical (unpaired) electrons. The Labute approximate surface area is 144 Å². The van der Waals surface area contributed by atoms with E-state index in [1.54, 1.807) is 5.01 Å². The number of anilines is 1. The first-order valence-corrected chi connectivity index (χ1v) is 9.61. The number of nitrogens with one attached hydrogen (secondary N) is 1. The van der Waals surface area contributed by atoms with E-state index in [2.05, 4.69) is 17.4 Å². The summed E-state index contributed by atoms with van der Waals surface area (Å²) in [7, 11) is 0. The molecule has 4 nitrogen and oxygen atoms in total. The standard InChI is InChI=1S/C20H27N3O/c24-20-21-18-14-8-7-13-17(18)19(15-9-3-1-4-10-15)22-23(20)16-11-5-2-6-12-16/h7-8,13-16H,1-6,9-12H2,(H,21,24). The van der Waals surface area contributed by atoms with Crippen molar-refractivity contribution in [3.63, 3.8) is 0 Å². The minimum absolute atomic E-state index is 0.0554. The topological polar surface area (TPSA) is 44.7 Å². The molecule has 3 aliphatic rings. The van der Waals surface area contributed by atoms with E-state index in [0.29, 0.717) is 5.92 Å². The van der Waals surface area contributed by atoms with Crippen LogP contribution in [0.4, 0.5) is 10.5 Å². The van der Waals surface area contributed by atoms with Gasteiger partial charge in [0.15, 0.2) is 0 Å². The lowest BCUT2D eigenvalue weighted by atomic mass is 9.83. The number of nitrogens with zero attached hydrogens (tertiary/aromatic N) is 2. The Morgan fingerprint density at radius 2 is 1.58 bits per heavy atom. The summed E-state index contributed by atoms with van der Waals surface area (Å²) in [6.45, 7) is 0. The molecule has 1 aromatic rings. The highest BCUT2D eigenvalue weighted by molar-refractivity contribution is 6.10. The molecule has 2 aliphatic carbocycles. The number of rotatable bonds is 2. The summed E-state index contributed by atoms with van der Waals surface area (Å²) in [5.74, 6) is 0.485. The van der Waals surface area contributed by atoms with Crippen LogP contribution in [0.2, 0.25) is 0 Å². The Balaban J connectivity index is 1.72. The molecule has 2 saturated carbocycles. The minimum atomic E-state index is -0.0554. The second-order valence-electron chi connectivity index (χ2n) is 7.43. The molecule has 1 aromatic carbocycles. The van der Waals surface area contributed by atoms with Crippen molar-refractivity contribution in [3.8, 4) is 0 Å². The van der Waals surface area contributed by atoms with Gasteiger partial charge in [0.1, 0.15) is 0 Å². The van der Waals surface area contributed by atoms with Crippen LogP contribution in [0.5, 0.6) is 0 Å². The predicted molar refractivity (Wildman–Crippen MR) is 97.3 cm³/mol. The highest BCUT2D eigenvalue weighted by atomic mass is 16.2. The van der Waals surface area contributed by atoms with Crippen LogP contribution in [0.1, 0.15) is 69.8 Å². The largest absolute Gasteiger partial charge is 0.342 e. The van der Waals surface area contributed by atoms with Gasteiger partial charge in [0.05, 0.1) is 17.4 Å². The zero-order valence-electron chi connectivity index (χ0n) is 14.3. The van der Waals surface area contributed by atoms with E-state index in [-0.39, 0.29) is 12.1 Å². The summed E-state index contributed by atoms with van der Waals surface area (Å²) < 4.78 is 0. The van der Waals surface area contributed by atoms with Gasteiger partial charge in [-0.2, -0.15) is 5.10 Å². The van der Waals surface area contributed by atoms with Gasteiger partial charge < -0.3 is 5.32 Å². The van der Waals surface area contributed by atoms with Gasteiger partial charge in [-0.15, -0.1) is 0 Å². The Morgan fingerprint density at radius 1 is 0.917 bits per heavy atom. The number of hydrogen-bond acceptors (Lipinski definition) is 2. The number of hydrogen-bond donors (Lipinski definition) is 1. The van der Waals surface area contributed by atoms with Gasteiger partial charge in [0, 0.05) is 11.5 Å². The van der Waals surface area contributed by atoms with E-state index in [1.807, 2.05) is 12.1 Å². The number of fused-ring (bicyclic) bond motifs is 1. The summed E-state index contributed by atoms with van der Waals surface area (Å²) in [5, 5.41) is 9.88. The second kappa shape index (κ2) is 6.96. The fraction of sp³-hybridized carbons (Fsp3) is 0.600. The molecule has 2 fully saturated rings. The van der Waals surface area contributed by atoms with E-state index < -0.39 is 0 Å². The van der Waals surface area contributed by atoms with Crippen molar-refractivity contribution in [1.82, 2.24) is 5.01 Å². The number of carbonyl (C=O) groups is 1. The van der Waals surface area contributed by atoms with Crippen molar-refractivity contribution in [3.05, 3.63) is 29.8 Å². The quantitative estimate of drug-likeness (QED) is 0.803. The lowest BCUT2D eigenvalue weighted by molar-refractivity contribution is 0.170. The molecule has 0 unspecified atom stereocenters. The van der Waals surface area contributed by atoms with Gasteiger partial charge in [0.2, 0.25) is 0 Å². The van der Waals surface area contributed by atoms with Crippen molar-refractivity contribution in [1.29, 1.82) is 0 Å². The molecule has 1 heterocycles. The third-order valence-corrected chi connectivity index (χ3v) is 5.78. The van der Waals surface area contributed by atoms with Crippen LogP contribution in [-0.4, -0.2) is 22.8 Å². The number of urea groups is 1. The number of hydrazone groups is 1. The Bertz CT molecular complexity index is 628. The van der Waals surface area contributed by atoms with E-state index in [1.165, 1.54) is 51.4 Å². The van der Waals surface area contributed by atoms with Crippen LogP contribution < -0.4 is 5.32 Å². The Hall–Kier alpha value is -1.84. The predicted octanol–water partition coefficient (Wildman–Crippen LogP) is 5.15. The summed E-state index contributed by atoms with van der Waals surface area (Å²) in [4.78, 5) is 12.8.